The van der Waals surface area contributed by atoms with Crippen LogP contribution in [0.3, 0.4) is 0 Å². The van der Waals surface area contributed by atoms with Gasteiger partial charge in [0.05, 0.1) is 6.10 Å². The van der Waals surface area contributed by atoms with E-state index in [9.17, 15) is 0 Å². The molecule has 1 aromatic rings. The molecule has 1 aromatic heterocycles. The number of hydrogen-bond donors (Lipinski definition) is 2. The van der Waals surface area contributed by atoms with Crippen molar-refractivity contribution in [2.75, 3.05) is 26.2 Å². The van der Waals surface area contributed by atoms with Crippen LogP contribution in [0.4, 0.5) is 0 Å². The first-order valence-electron chi connectivity index (χ1n) is 11.4. The minimum Gasteiger partial charge on any atom is -0.376 e. The Labute approximate surface area is 197 Å². The summed E-state index contributed by atoms with van der Waals surface area (Å²) in [7, 11) is 1.99. The second-order valence-corrected chi connectivity index (χ2v) is 8.80. The zero-order valence-corrected chi connectivity index (χ0v) is 20.8. The number of ether oxygens (including phenoxy) is 1. The second-order valence-electron chi connectivity index (χ2n) is 8.80. The number of rotatable bonds is 6. The average molecular weight is 531 g/mol. The highest BCUT2D eigenvalue weighted by molar-refractivity contribution is 14.0. The summed E-state index contributed by atoms with van der Waals surface area (Å²) in [6, 6.07) is 1.31. The highest BCUT2D eigenvalue weighted by Crippen LogP contribution is 2.26. The van der Waals surface area contributed by atoms with Crippen molar-refractivity contribution in [3.05, 3.63) is 11.6 Å². The van der Waals surface area contributed by atoms with Gasteiger partial charge in [0.25, 0.3) is 0 Å². The Morgan fingerprint density at radius 1 is 1.10 bits per heavy atom. The fraction of sp³-hybridized carbons (Fsp3) is 0.857. The zero-order valence-electron chi connectivity index (χ0n) is 18.5. The van der Waals surface area contributed by atoms with E-state index in [4.69, 9.17) is 9.73 Å². The van der Waals surface area contributed by atoms with E-state index in [0.29, 0.717) is 18.7 Å². The maximum absolute atomic E-state index is 5.77. The molecule has 0 bridgehead atoms. The molecule has 0 radical (unpaired) electrons. The molecule has 8 nitrogen and oxygen atoms in total. The van der Waals surface area contributed by atoms with Crippen molar-refractivity contribution < 1.29 is 4.74 Å². The second kappa shape index (κ2) is 11.6. The van der Waals surface area contributed by atoms with Gasteiger partial charge in [0.15, 0.2) is 11.8 Å². The Morgan fingerprint density at radius 2 is 1.87 bits per heavy atom. The molecular weight excluding hydrogens is 493 g/mol. The summed E-state index contributed by atoms with van der Waals surface area (Å²) in [6.07, 6.45) is 10.6. The number of piperidine rings is 1. The Balaban J connectivity index is 0.00000256. The zero-order chi connectivity index (χ0) is 20.1. The highest BCUT2D eigenvalue weighted by Gasteiger charge is 2.27. The van der Waals surface area contributed by atoms with Crippen LogP contribution in [0.1, 0.15) is 63.0 Å². The molecule has 4 rings (SSSR count). The van der Waals surface area contributed by atoms with E-state index >= 15 is 0 Å². The molecule has 2 aliphatic heterocycles. The van der Waals surface area contributed by atoms with E-state index in [0.717, 1.165) is 49.6 Å². The lowest BCUT2D eigenvalue weighted by atomic mass is 10.0. The predicted octanol–water partition coefficient (Wildman–Crippen LogP) is 2.36. The van der Waals surface area contributed by atoms with Crippen molar-refractivity contribution >= 4 is 29.9 Å². The number of nitrogens with one attached hydrogen (secondary N) is 2. The van der Waals surface area contributed by atoms with E-state index in [1.165, 1.54) is 51.6 Å². The lowest BCUT2D eigenvalue weighted by Crippen LogP contribution is -2.51. The third-order valence-electron chi connectivity index (χ3n) is 6.79. The molecule has 3 fully saturated rings. The molecule has 170 valence electrons. The molecule has 2 saturated heterocycles. The fourth-order valence-corrected chi connectivity index (χ4v) is 4.78. The summed E-state index contributed by atoms with van der Waals surface area (Å²) in [5.41, 5.74) is 0. The average Bonchev–Trinajstić information content (AvgIpc) is 3.50. The third-order valence-corrected chi connectivity index (χ3v) is 6.79. The number of aromatic nitrogens is 3. The van der Waals surface area contributed by atoms with Crippen molar-refractivity contribution in [3.63, 3.8) is 0 Å². The monoisotopic (exact) mass is 531 g/mol. The summed E-state index contributed by atoms with van der Waals surface area (Å²) in [5, 5.41) is 15.6. The van der Waals surface area contributed by atoms with Crippen molar-refractivity contribution in [2.45, 2.75) is 83.0 Å². The molecule has 1 unspecified atom stereocenters. The van der Waals surface area contributed by atoms with Crippen LogP contribution in [0.25, 0.3) is 0 Å². The SMILES string of the molecule is Cc1nnc(CN=C(NCC2CCCO2)NC2CCN(C3CCCC3)CC2)n1C.I. The van der Waals surface area contributed by atoms with Gasteiger partial charge in [0, 0.05) is 45.4 Å². The van der Waals surface area contributed by atoms with Crippen LogP contribution in [0, 0.1) is 6.92 Å². The summed E-state index contributed by atoms with van der Waals surface area (Å²) < 4.78 is 7.77. The van der Waals surface area contributed by atoms with Crippen molar-refractivity contribution in [2.24, 2.45) is 12.0 Å². The molecular formula is C21H38IN7O. The maximum Gasteiger partial charge on any atom is 0.192 e. The van der Waals surface area contributed by atoms with E-state index in [2.05, 4.69) is 25.7 Å². The number of halogens is 1. The molecule has 1 saturated carbocycles. The van der Waals surface area contributed by atoms with Gasteiger partial charge in [0.2, 0.25) is 0 Å². The van der Waals surface area contributed by atoms with Crippen molar-refractivity contribution in [1.82, 2.24) is 30.3 Å². The molecule has 9 heteroatoms. The van der Waals surface area contributed by atoms with Gasteiger partial charge < -0.3 is 24.8 Å². The van der Waals surface area contributed by atoms with E-state index in [1.807, 2.05) is 18.5 Å². The quantitative estimate of drug-likeness (QED) is 0.334. The van der Waals surface area contributed by atoms with Crippen LogP contribution in [0.5, 0.6) is 0 Å². The molecule has 0 amide bonds. The lowest BCUT2D eigenvalue weighted by molar-refractivity contribution is 0.113. The summed E-state index contributed by atoms with van der Waals surface area (Å²) in [5.74, 6) is 2.67. The predicted molar refractivity (Wildman–Crippen MR) is 129 cm³/mol. The highest BCUT2D eigenvalue weighted by atomic mass is 127. The minimum absolute atomic E-state index is 0. The van der Waals surface area contributed by atoms with Gasteiger partial charge in [-0.3, -0.25) is 0 Å². The first kappa shape index (κ1) is 23.7. The first-order chi connectivity index (χ1) is 14.2. The normalized spacial score (nSPS) is 24.2. The molecule has 30 heavy (non-hydrogen) atoms. The van der Waals surface area contributed by atoms with Gasteiger partial charge in [0.1, 0.15) is 12.4 Å². The number of hydrogen-bond acceptors (Lipinski definition) is 5. The Hall–Kier alpha value is -0.940. The molecule has 3 heterocycles. The van der Waals surface area contributed by atoms with Crippen molar-refractivity contribution in [1.29, 1.82) is 0 Å². The fourth-order valence-electron chi connectivity index (χ4n) is 4.78. The van der Waals surface area contributed by atoms with Gasteiger partial charge in [-0.2, -0.15) is 0 Å². The Bertz CT molecular complexity index is 675. The Kier molecular flexibility index (Phi) is 9.18. The van der Waals surface area contributed by atoms with Crippen LogP contribution in [-0.4, -0.2) is 70.1 Å². The van der Waals surface area contributed by atoms with Gasteiger partial charge in [-0.1, -0.05) is 12.8 Å². The van der Waals surface area contributed by atoms with Gasteiger partial charge in [-0.05, 0) is 45.4 Å². The van der Waals surface area contributed by atoms with Crippen molar-refractivity contribution in [3.8, 4) is 0 Å². The standard InChI is InChI=1S/C21H37N7O.HI/c1-16-25-26-20(27(16)2)15-23-21(22-14-19-8-5-13-29-19)24-17-9-11-28(12-10-17)18-6-3-4-7-18;/h17-19H,3-15H2,1-2H3,(H2,22,23,24);1H. The molecule has 1 atom stereocenters. The smallest absolute Gasteiger partial charge is 0.192 e. The minimum atomic E-state index is 0. The van der Waals surface area contributed by atoms with Crippen LogP contribution >= 0.6 is 24.0 Å². The van der Waals surface area contributed by atoms with E-state index in [-0.39, 0.29) is 24.0 Å². The number of nitrogens with zero attached hydrogens (tertiary/aromatic N) is 5. The molecule has 3 aliphatic rings. The van der Waals surface area contributed by atoms with Gasteiger partial charge in [-0.25, -0.2) is 4.99 Å². The number of aliphatic imine (C=N–C) groups is 1. The lowest BCUT2D eigenvalue weighted by Gasteiger charge is -2.36. The number of guanidine groups is 1. The third kappa shape index (κ3) is 6.29. The van der Waals surface area contributed by atoms with Crippen LogP contribution in [-0.2, 0) is 18.3 Å². The number of aryl methyl sites for hydroxylation is 1. The van der Waals surface area contributed by atoms with E-state index in [1.54, 1.807) is 0 Å². The van der Waals surface area contributed by atoms with Gasteiger partial charge in [-0.15, -0.1) is 34.2 Å². The summed E-state index contributed by atoms with van der Waals surface area (Å²) in [6.45, 7) is 6.58. The first-order valence-corrected chi connectivity index (χ1v) is 11.4. The summed E-state index contributed by atoms with van der Waals surface area (Å²) >= 11 is 0. The topological polar surface area (TPSA) is 79.6 Å². The van der Waals surface area contributed by atoms with Crippen LogP contribution in [0.2, 0.25) is 0 Å². The van der Waals surface area contributed by atoms with Gasteiger partial charge >= 0.3 is 0 Å². The van der Waals surface area contributed by atoms with Crippen LogP contribution in [0.15, 0.2) is 4.99 Å². The summed E-state index contributed by atoms with van der Waals surface area (Å²) in [4.78, 5) is 7.53. The Morgan fingerprint density at radius 3 is 2.50 bits per heavy atom. The number of likely N-dealkylation sites (tertiary alicyclic amines) is 1. The van der Waals surface area contributed by atoms with E-state index < -0.39 is 0 Å². The molecule has 2 N–H and O–H groups in total. The largest absolute Gasteiger partial charge is 0.376 e. The molecule has 0 spiro atoms. The maximum atomic E-state index is 5.77. The molecule has 1 aliphatic carbocycles. The van der Waals surface area contributed by atoms with Crippen LogP contribution < -0.4 is 10.6 Å². The molecule has 0 aromatic carbocycles.